The molecule has 0 N–H and O–H groups in total. The highest BCUT2D eigenvalue weighted by molar-refractivity contribution is 5.85. The van der Waals surface area contributed by atoms with E-state index in [9.17, 15) is 4.79 Å². The molecule has 1 unspecified atom stereocenters. The van der Waals surface area contributed by atoms with Gasteiger partial charge in [-0.25, -0.2) is 0 Å². The van der Waals surface area contributed by atoms with Crippen LogP contribution in [0, 0.1) is 16.7 Å². The van der Waals surface area contributed by atoms with Crippen LogP contribution >= 0.6 is 0 Å². The van der Waals surface area contributed by atoms with Gasteiger partial charge in [0.05, 0.1) is 18.6 Å². The Labute approximate surface area is 228 Å². The molecule has 1 atom stereocenters. The number of esters is 1. The van der Waals surface area contributed by atoms with Crippen LogP contribution in [0.1, 0.15) is 82.1 Å². The molecule has 3 aromatic rings. The number of carbonyl (C=O) groups is 1. The molecule has 2 aromatic carbocycles. The lowest BCUT2D eigenvalue weighted by atomic mass is 9.72. The van der Waals surface area contributed by atoms with Gasteiger partial charge in [0.15, 0.2) is 0 Å². The fraction of sp³-hybridized carbons (Fsp3) is 0.545. The lowest BCUT2D eigenvalue weighted by molar-refractivity contribution is -0.170. The highest BCUT2D eigenvalue weighted by atomic mass is 16.6. The lowest BCUT2D eigenvalue weighted by Gasteiger charge is -2.39. The zero-order chi connectivity index (χ0) is 28.5. The summed E-state index contributed by atoms with van der Waals surface area (Å²) in [6, 6.07) is 15.7. The van der Waals surface area contributed by atoms with Gasteiger partial charge in [0.2, 0.25) is 0 Å². The van der Waals surface area contributed by atoms with Crippen molar-refractivity contribution in [3.05, 3.63) is 48.5 Å². The maximum atomic E-state index is 13.4. The Morgan fingerprint density at radius 3 is 2.13 bits per heavy atom. The molecule has 0 saturated carbocycles. The van der Waals surface area contributed by atoms with Crippen molar-refractivity contribution < 1.29 is 23.4 Å². The van der Waals surface area contributed by atoms with Gasteiger partial charge >= 0.3 is 5.97 Å². The molecule has 0 aliphatic rings. The van der Waals surface area contributed by atoms with E-state index in [0.717, 1.165) is 34.5 Å². The van der Waals surface area contributed by atoms with Crippen molar-refractivity contribution in [1.29, 1.82) is 0 Å². The number of para-hydroxylation sites is 1. The summed E-state index contributed by atoms with van der Waals surface area (Å²) in [4.78, 5) is 13.4. The van der Waals surface area contributed by atoms with Crippen LogP contribution in [0.2, 0.25) is 0 Å². The van der Waals surface area contributed by atoms with Crippen molar-refractivity contribution >= 4 is 16.9 Å². The van der Waals surface area contributed by atoms with Crippen LogP contribution in [0.4, 0.5) is 0 Å². The fourth-order valence-electron chi connectivity index (χ4n) is 5.17. The molecular formula is C33H46O5. The maximum Gasteiger partial charge on any atom is 0.310 e. The van der Waals surface area contributed by atoms with E-state index in [1.165, 1.54) is 0 Å². The number of ether oxygens (including phenoxy) is 3. The first-order valence-electron chi connectivity index (χ1n) is 13.5. The minimum Gasteiger partial charge on any atom is -0.496 e. The molecule has 5 nitrogen and oxygen atoms in total. The van der Waals surface area contributed by atoms with Crippen molar-refractivity contribution in [3.63, 3.8) is 0 Å². The minimum absolute atomic E-state index is 0.0273. The number of furan rings is 1. The molecule has 1 aromatic heterocycles. The average molecular weight is 523 g/mol. The van der Waals surface area contributed by atoms with Crippen molar-refractivity contribution in [2.24, 2.45) is 16.7 Å². The number of fused-ring (bicyclic) bond motifs is 1. The van der Waals surface area contributed by atoms with Gasteiger partial charge in [0, 0.05) is 17.9 Å². The van der Waals surface area contributed by atoms with Gasteiger partial charge in [-0.3, -0.25) is 4.79 Å². The molecule has 0 saturated heterocycles. The Morgan fingerprint density at radius 2 is 1.53 bits per heavy atom. The Kier molecular flexibility index (Phi) is 8.31. The Balaban J connectivity index is 1.75. The van der Waals surface area contributed by atoms with E-state index in [4.69, 9.17) is 18.6 Å². The molecule has 0 bridgehead atoms. The number of hydrogen-bond donors (Lipinski definition) is 0. The summed E-state index contributed by atoms with van der Waals surface area (Å²) in [5.74, 6) is 1.87. The second-order valence-electron chi connectivity index (χ2n) is 13.9. The van der Waals surface area contributed by atoms with Crippen LogP contribution in [0.15, 0.2) is 52.9 Å². The summed E-state index contributed by atoms with van der Waals surface area (Å²) < 4.78 is 24.2. The molecule has 5 heteroatoms. The van der Waals surface area contributed by atoms with Gasteiger partial charge in [-0.05, 0) is 75.3 Å². The highest BCUT2D eigenvalue weighted by Crippen LogP contribution is 2.39. The summed E-state index contributed by atoms with van der Waals surface area (Å²) in [6.07, 6.45) is 1.30. The van der Waals surface area contributed by atoms with E-state index < -0.39 is 11.2 Å². The third-order valence-electron chi connectivity index (χ3n) is 6.63. The summed E-state index contributed by atoms with van der Waals surface area (Å²) >= 11 is 0. The van der Waals surface area contributed by atoms with Crippen LogP contribution in [0.3, 0.4) is 0 Å². The number of rotatable bonds is 9. The normalized spacial score (nSPS) is 13.9. The molecule has 0 spiro atoms. The fourth-order valence-corrected chi connectivity index (χ4v) is 5.17. The van der Waals surface area contributed by atoms with E-state index >= 15 is 0 Å². The summed E-state index contributed by atoms with van der Waals surface area (Å²) in [5, 5.41) is 0.984. The van der Waals surface area contributed by atoms with E-state index in [0.29, 0.717) is 12.2 Å². The number of benzene rings is 2. The Hall–Kier alpha value is -2.95. The Morgan fingerprint density at radius 1 is 0.868 bits per heavy atom. The van der Waals surface area contributed by atoms with Gasteiger partial charge in [-0.1, -0.05) is 53.7 Å². The van der Waals surface area contributed by atoms with Crippen LogP contribution in [-0.2, 0) is 9.53 Å². The number of methoxy groups -OCH3 is 1. The van der Waals surface area contributed by atoms with Gasteiger partial charge in [-0.15, -0.1) is 0 Å². The molecule has 0 radical (unpaired) electrons. The molecule has 0 aliphatic heterocycles. The predicted octanol–water partition coefficient (Wildman–Crippen LogP) is 9.08. The Bertz CT molecular complexity index is 1250. The zero-order valence-electron chi connectivity index (χ0n) is 25.2. The monoisotopic (exact) mass is 522 g/mol. The number of carbonyl (C=O) groups excluding carboxylic acids is 1. The average Bonchev–Trinajstić information content (AvgIpc) is 3.17. The maximum absolute atomic E-state index is 13.4. The first kappa shape index (κ1) is 29.6. The molecule has 3 rings (SSSR count). The van der Waals surface area contributed by atoms with Crippen molar-refractivity contribution in [1.82, 2.24) is 0 Å². The number of hydrogen-bond acceptors (Lipinski definition) is 5. The van der Waals surface area contributed by atoms with Gasteiger partial charge in [0.25, 0.3) is 0 Å². The van der Waals surface area contributed by atoms with Crippen LogP contribution < -0.4 is 9.47 Å². The topological polar surface area (TPSA) is 57.9 Å². The third-order valence-corrected chi connectivity index (χ3v) is 6.63. The molecule has 1 heterocycles. The van der Waals surface area contributed by atoms with Gasteiger partial charge in [0.1, 0.15) is 34.0 Å². The quantitative estimate of drug-likeness (QED) is 0.262. The molecule has 38 heavy (non-hydrogen) atoms. The van der Waals surface area contributed by atoms with Crippen molar-refractivity contribution in [2.75, 3.05) is 7.11 Å². The molecule has 208 valence electrons. The second kappa shape index (κ2) is 10.7. The minimum atomic E-state index is -0.701. The largest absolute Gasteiger partial charge is 0.496 e. The predicted molar refractivity (Wildman–Crippen MR) is 155 cm³/mol. The molecular weight excluding hydrogens is 476 g/mol. The molecule has 0 aliphatic carbocycles. The molecule has 0 amide bonds. The first-order chi connectivity index (χ1) is 17.4. The van der Waals surface area contributed by atoms with Gasteiger partial charge < -0.3 is 18.6 Å². The summed E-state index contributed by atoms with van der Waals surface area (Å²) in [7, 11) is 1.65. The SMILES string of the molecule is COc1ccccc1-c1cc2ccc(OC(C)(C)CC(C)(C)OC(=O)C(CC(C)(C)C)C(C)(C)C)cc2o1. The standard InChI is InChI=1S/C33H46O5/c1-30(2,3)20-25(31(4,5)6)29(34)38-33(9,10)21-32(7,8)37-23-17-16-22-18-28(36-27(22)19-23)24-14-12-13-15-26(24)35-11/h12-19,25H,20-21H2,1-11H3. The highest BCUT2D eigenvalue weighted by Gasteiger charge is 2.40. The first-order valence-corrected chi connectivity index (χ1v) is 13.5. The van der Waals surface area contributed by atoms with E-state index in [2.05, 4.69) is 41.5 Å². The summed E-state index contributed by atoms with van der Waals surface area (Å²) in [5.41, 5.74) is 0.190. The van der Waals surface area contributed by atoms with E-state index in [1.54, 1.807) is 7.11 Å². The van der Waals surface area contributed by atoms with Crippen molar-refractivity contribution in [2.45, 2.75) is 93.3 Å². The zero-order valence-corrected chi connectivity index (χ0v) is 25.2. The third kappa shape index (κ3) is 7.78. The van der Waals surface area contributed by atoms with Crippen LogP contribution in [0.5, 0.6) is 11.5 Å². The smallest absolute Gasteiger partial charge is 0.310 e. The second-order valence-corrected chi connectivity index (χ2v) is 13.9. The van der Waals surface area contributed by atoms with Crippen molar-refractivity contribution in [3.8, 4) is 22.8 Å². The van der Waals surface area contributed by atoms with Crippen LogP contribution in [-0.4, -0.2) is 24.3 Å². The molecule has 0 fully saturated rings. The van der Waals surface area contributed by atoms with Gasteiger partial charge in [-0.2, -0.15) is 0 Å². The lowest BCUT2D eigenvalue weighted by Crippen LogP contribution is -2.43. The van der Waals surface area contributed by atoms with E-state index in [-0.39, 0.29) is 22.7 Å². The summed E-state index contributed by atoms with van der Waals surface area (Å²) in [6.45, 7) is 20.8. The van der Waals surface area contributed by atoms with Crippen LogP contribution in [0.25, 0.3) is 22.3 Å². The van der Waals surface area contributed by atoms with E-state index in [1.807, 2.05) is 76.2 Å².